The molecule has 2 rings (SSSR count). The van der Waals surface area contributed by atoms with Crippen LogP contribution in [0.15, 0.2) is 23.5 Å². The maximum Gasteiger partial charge on any atom is 0.290 e. The molecule has 1 atom stereocenters. The lowest BCUT2D eigenvalue weighted by Crippen LogP contribution is -2.19. The molecular weight excluding hydrogens is 208 g/mol. The first-order valence-corrected chi connectivity index (χ1v) is 4.82. The van der Waals surface area contributed by atoms with Gasteiger partial charge in [-0.05, 0) is 6.92 Å². The number of H-pyrrole nitrogens is 1. The standard InChI is InChI=1S/C9H12N6O/c1-6(8-14-12-5-15(8)2)13-7-9(16)11-4-3-10-7/h3-6H,1-2H3,(H,10,13)(H,11,16). The molecule has 1 unspecified atom stereocenters. The molecule has 2 heterocycles. The number of aromatic nitrogens is 5. The van der Waals surface area contributed by atoms with Crippen molar-refractivity contribution in [2.24, 2.45) is 7.05 Å². The molecule has 0 bridgehead atoms. The lowest BCUT2D eigenvalue weighted by Gasteiger charge is -2.12. The van der Waals surface area contributed by atoms with E-state index in [4.69, 9.17) is 0 Å². The van der Waals surface area contributed by atoms with Crippen LogP contribution in [0.3, 0.4) is 0 Å². The van der Waals surface area contributed by atoms with Crippen LogP contribution in [0, 0.1) is 0 Å². The van der Waals surface area contributed by atoms with Crippen LogP contribution in [-0.4, -0.2) is 24.7 Å². The van der Waals surface area contributed by atoms with Gasteiger partial charge in [-0.2, -0.15) is 0 Å². The number of nitrogens with zero attached hydrogens (tertiary/aromatic N) is 4. The van der Waals surface area contributed by atoms with Gasteiger partial charge in [0.1, 0.15) is 6.33 Å². The zero-order valence-electron chi connectivity index (χ0n) is 9.01. The van der Waals surface area contributed by atoms with Gasteiger partial charge in [0.15, 0.2) is 11.6 Å². The van der Waals surface area contributed by atoms with Crippen LogP contribution >= 0.6 is 0 Å². The molecule has 0 saturated carbocycles. The van der Waals surface area contributed by atoms with E-state index in [0.29, 0.717) is 0 Å². The van der Waals surface area contributed by atoms with Crippen LogP contribution < -0.4 is 10.9 Å². The summed E-state index contributed by atoms with van der Waals surface area (Å²) in [7, 11) is 1.84. The normalized spacial score (nSPS) is 12.4. The fourth-order valence-corrected chi connectivity index (χ4v) is 1.41. The number of hydrogen-bond acceptors (Lipinski definition) is 5. The summed E-state index contributed by atoms with van der Waals surface area (Å²) < 4.78 is 1.79. The molecule has 0 radical (unpaired) electrons. The van der Waals surface area contributed by atoms with Crippen molar-refractivity contribution < 1.29 is 0 Å². The predicted molar refractivity (Wildman–Crippen MR) is 57.9 cm³/mol. The third kappa shape index (κ3) is 1.92. The smallest absolute Gasteiger partial charge is 0.290 e. The zero-order valence-corrected chi connectivity index (χ0v) is 9.01. The van der Waals surface area contributed by atoms with E-state index in [9.17, 15) is 4.79 Å². The Morgan fingerprint density at radius 2 is 2.38 bits per heavy atom. The predicted octanol–water partition coefficient (Wildman–Crippen LogP) is 0.0715. The van der Waals surface area contributed by atoms with E-state index in [1.54, 1.807) is 10.9 Å². The maximum absolute atomic E-state index is 11.4. The Labute approximate surface area is 91.6 Å². The Hall–Kier alpha value is -2.18. The van der Waals surface area contributed by atoms with E-state index >= 15 is 0 Å². The lowest BCUT2D eigenvalue weighted by atomic mass is 10.3. The summed E-state index contributed by atoms with van der Waals surface area (Å²) >= 11 is 0. The largest absolute Gasteiger partial charge is 0.356 e. The van der Waals surface area contributed by atoms with Crippen molar-refractivity contribution in [3.05, 3.63) is 34.9 Å². The first kappa shape index (κ1) is 10.3. The molecule has 0 spiro atoms. The monoisotopic (exact) mass is 220 g/mol. The molecule has 84 valence electrons. The molecule has 0 aliphatic rings. The van der Waals surface area contributed by atoms with Crippen molar-refractivity contribution in [2.45, 2.75) is 13.0 Å². The average molecular weight is 220 g/mol. The molecule has 0 saturated heterocycles. The second-order valence-electron chi connectivity index (χ2n) is 3.43. The summed E-state index contributed by atoms with van der Waals surface area (Å²) in [6.07, 6.45) is 4.61. The Balaban J connectivity index is 2.20. The van der Waals surface area contributed by atoms with Gasteiger partial charge in [-0.3, -0.25) is 4.79 Å². The van der Waals surface area contributed by atoms with Crippen molar-refractivity contribution in [3.63, 3.8) is 0 Å². The van der Waals surface area contributed by atoms with Crippen LogP contribution in [0.2, 0.25) is 0 Å². The van der Waals surface area contributed by atoms with Gasteiger partial charge in [-0.25, -0.2) is 4.98 Å². The summed E-state index contributed by atoms with van der Waals surface area (Å²) in [5, 5.41) is 10.7. The summed E-state index contributed by atoms with van der Waals surface area (Å²) in [4.78, 5) is 17.9. The van der Waals surface area contributed by atoms with Crippen molar-refractivity contribution >= 4 is 5.82 Å². The molecule has 0 amide bonds. The Kier molecular flexibility index (Phi) is 2.67. The average Bonchev–Trinajstić information content (AvgIpc) is 2.68. The molecule has 2 aromatic rings. The maximum atomic E-state index is 11.4. The summed E-state index contributed by atoms with van der Waals surface area (Å²) in [5.41, 5.74) is -0.253. The van der Waals surface area contributed by atoms with Crippen LogP contribution in [0.25, 0.3) is 0 Å². The second-order valence-corrected chi connectivity index (χ2v) is 3.43. The molecule has 16 heavy (non-hydrogen) atoms. The highest BCUT2D eigenvalue weighted by Gasteiger charge is 2.12. The van der Waals surface area contributed by atoms with E-state index in [-0.39, 0.29) is 17.4 Å². The fourth-order valence-electron chi connectivity index (χ4n) is 1.41. The second kappa shape index (κ2) is 4.13. The molecule has 0 fully saturated rings. The minimum atomic E-state index is -0.253. The minimum absolute atomic E-state index is 0.136. The molecule has 2 aromatic heterocycles. The highest BCUT2D eigenvalue weighted by Crippen LogP contribution is 2.11. The molecular formula is C9H12N6O. The third-order valence-electron chi connectivity index (χ3n) is 2.19. The fraction of sp³-hybridized carbons (Fsp3) is 0.333. The molecule has 0 aliphatic carbocycles. The van der Waals surface area contributed by atoms with Gasteiger partial charge >= 0.3 is 0 Å². The number of hydrogen-bond donors (Lipinski definition) is 2. The van der Waals surface area contributed by atoms with Crippen LogP contribution in [0.1, 0.15) is 18.8 Å². The molecule has 0 aromatic carbocycles. The van der Waals surface area contributed by atoms with Gasteiger partial charge in [-0.15, -0.1) is 10.2 Å². The number of aromatic amines is 1. The van der Waals surface area contributed by atoms with Crippen molar-refractivity contribution in [1.29, 1.82) is 0 Å². The number of aryl methyl sites for hydroxylation is 1. The third-order valence-corrected chi connectivity index (χ3v) is 2.19. The number of rotatable bonds is 3. The molecule has 2 N–H and O–H groups in total. The topological polar surface area (TPSA) is 88.5 Å². The highest BCUT2D eigenvalue weighted by molar-refractivity contribution is 5.32. The molecule has 7 heteroatoms. The summed E-state index contributed by atoms with van der Waals surface area (Å²) in [6, 6.07) is -0.136. The summed E-state index contributed by atoms with van der Waals surface area (Å²) in [6.45, 7) is 1.89. The Morgan fingerprint density at radius 1 is 1.56 bits per heavy atom. The highest BCUT2D eigenvalue weighted by atomic mass is 16.1. The lowest BCUT2D eigenvalue weighted by molar-refractivity contribution is 0.714. The van der Waals surface area contributed by atoms with Gasteiger partial charge in [-0.1, -0.05) is 0 Å². The van der Waals surface area contributed by atoms with E-state index in [2.05, 4.69) is 25.5 Å². The van der Waals surface area contributed by atoms with Crippen LogP contribution in [0.5, 0.6) is 0 Å². The molecule has 0 aliphatic heterocycles. The quantitative estimate of drug-likeness (QED) is 0.764. The molecule has 7 nitrogen and oxygen atoms in total. The first-order valence-electron chi connectivity index (χ1n) is 4.82. The van der Waals surface area contributed by atoms with Crippen LogP contribution in [-0.2, 0) is 7.05 Å². The van der Waals surface area contributed by atoms with E-state index < -0.39 is 0 Å². The SMILES string of the molecule is CC(Nc1ncc[nH]c1=O)c1nncn1C. The van der Waals surface area contributed by atoms with Crippen molar-refractivity contribution in [1.82, 2.24) is 24.7 Å². The Bertz CT molecular complexity index is 531. The van der Waals surface area contributed by atoms with Gasteiger partial charge in [0, 0.05) is 19.4 Å². The van der Waals surface area contributed by atoms with Gasteiger partial charge in [0.2, 0.25) is 0 Å². The van der Waals surface area contributed by atoms with Gasteiger partial charge < -0.3 is 14.9 Å². The van der Waals surface area contributed by atoms with Gasteiger partial charge in [0.05, 0.1) is 6.04 Å². The van der Waals surface area contributed by atoms with E-state index in [1.807, 2.05) is 14.0 Å². The van der Waals surface area contributed by atoms with Crippen molar-refractivity contribution in [3.8, 4) is 0 Å². The zero-order chi connectivity index (χ0) is 11.5. The van der Waals surface area contributed by atoms with Crippen molar-refractivity contribution in [2.75, 3.05) is 5.32 Å². The Morgan fingerprint density at radius 3 is 3.00 bits per heavy atom. The first-order chi connectivity index (χ1) is 7.68. The van der Waals surface area contributed by atoms with E-state index in [1.165, 1.54) is 12.4 Å². The van der Waals surface area contributed by atoms with Crippen LogP contribution in [0.4, 0.5) is 5.82 Å². The van der Waals surface area contributed by atoms with Gasteiger partial charge in [0.25, 0.3) is 5.56 Å². The van der Waals surface area contributed by atoms with E-state index in [0.717, 1.165) is 5.82 Å². The number of nitrogens with one attached hydrogen (secondary N) is 2. The minimum Gasteiger partial charge on any atom is -0.356 e. The summed E-state index contributed by atoms with van der Waals surface area (Å²) in [5.74, 6) is 1.02. The number of anilines is 1.